The van der Waals surface area contributed by atoms with Gasteiger partial charge in [-0.1, -0.05) is 61.3 Å². The molecule has 6 nitrogen and oxygen atoms in total. The van der Waals surface area contributed by atoms with E-state index in [1.807, 2.05) is 44.2 Å². The molecule has 1 N–H and O–H groups in total. The second-order valence-electron chi connectivity index (χ2n) is 8.97. The van der Waals surface area contributed by atoms with Crippen molar-refractivity contribution in [2.45, 2.75) is 32.5 Å². The molecule has 0 radical (unpaired) electrons. The van der Waals surface area contributed by atoms with Crippen LogP contribution < -0.4 is 0 Å². The number of methoxy groups -OCH3 is 1. The minimum absolute atomic E-state index is 0.0946. The van der Waals surface area contributed by atoms with Crippen molar-refractivity contribution in [1.29, 1.82) is 0 Å². The first-order valence-corrected chi connectivity index (χ1v) is 12.2. The van der Waals surface area contributed by atoms with Crippen LogP contribution in [0.2, 0.25) is 10.0 Å². The van der Waals surface area contributed by atoms with Crippen molar-refractivity contribution in [3.8, 4) is 0 Å². The molecule has 3 aromatic carbocycles. The number of carboxylic acids is 1. The number of carbonyl (C=O) groups is 2. The summed E-state index contributed by atoms with van der Waals surface area (Å²) in [6, 6.07) is 18.7. The molecule has 2 atom stereocenters. The maximum absolute atomic E-state index is 13.7. The Balaban J connectivity index is 1.95. The summed E-state index contributed by atoms with van der Waals surface area (Å²) >= 11 is 12.3. The topological polar surface area (TPSA) is 79.2 Å². The largest absolute Gasteiger partial charge is 0.478 e. The average molecular weight is 525 g/mol. The molecular weight excluding hydrogens is 499 g/mol. The number of rotatable bonds is 7. The van der Waals surface area contributed by atoms with Gasteiger partial charge in [-0.25, -0.2) is 4.79 Å². The van der Waals surface area contributed by atoms with Crippen molar-refractivity contribution in [3.63, 3.8) is 0 Å². The second-order valence-corrected chi connectivity index (χ2v) is 9.84. The van der Waals surface area contributed by atoms with E-state index in [-0.39, 0.29) is 24.0 Å². The first-order chi connectivity index (χ1) is 17.2. The van der Waals surface area contributed by atoms with Gasteiger partial charge in [-0.05, 0) is 59.2 Å². The Morgan fingerprint density at radius 2 is 1.56 bits per heavy atom. The quantitative estimate of drug-likeness (QED) is 0.379. The van der Waals surface area contributed by atoms with Crippen LogP contribution in [0.3, 0.4) is 0 Å². The molecule has 0 aromatic heterocycles. The van der Waals surface area contributed by atoms with E-state index in [0.717, 1.165) is 11.1 Å². The summed E-state index contributed by atoms with van der Waals surface area (Å²) in [6.45, 7) is 3.89. The van der Waals surface area contributed by atoms with Crippen molar-refractivity contribution in [2.75, 3.05) is 7.11 Å². The highest BCUT2D eigenvalue weighted by atomic mass is 35.5. The van der Waals surface area contributed by atoms with Gasteiger partial charge in [0.2, 0.25) is 5.91 Å². The zero-order chi connectivity index (χ0) is 26.0. The summed E-state index contributed by atoms with van der Waals surface area (Å²) < 4.78 is 5.26. The summed E-state index contributed by atoms with van der Waals surface area (Å²) in [5, 5.41) is 10.9. The minimum atomic E-state index is -1.07. The smallest absolute Gasteiger partial charge is 0.335 e. The molecule has 0 saturated heterocycles. The Bertz CT molecular complexity index is 1300. The first kappa shape index (κ1) is 25.9. The standard InChI is InChI=1S/C28H26Cl2N2O4/c1-16(2)27(33)32-25(19-6-10-23(30)11-7-19)24(18-4-8-22(29)9-5-18)31-26(32)20-12-17(15-36-3)13-21(14-20)28(34)35/h4-14,16,24-25H,15H2,1-3H3,(H,34,35). The number of nitrogens with zero attached hydrogens (tertiary/aromatic N) is 2. The van der Waals surface area contributed by atoms with E-state index in [9.17, 15) is 14.7 Å². The molecule has 0 fully saturated rings. The van der Waals surface area contributed by atoms with Crippen LogP contribution in [0, 0.1) is 5.92 Å². The number of carbonyl (C=O) groups excluding carboxylic acids is 1. The van der Waals surface area contributed by atoms with Gasteiger partial charge in [0.15, 0.2) is 0 Å². The van der Waals surface area contributed by atoms with Crippen LogP contribution in [-0.2, 0) is 16.1 Å². The normalized spacial score (nSPS) is 17.4. The number of amidine groups is 1. The number of ether oxygens (including phenoxy) is 1. The summed E-state index contributed by atoms with van der Waals surface area (Å²) in [6.07, 6.45) is 0. The molecule has 1 amide bonds. The fraction of sp³-hybridized carbons (Fsp3) is 0.250. The van der Waals surface area contributed by atoms with Gasteiger partial charge < -0.3 is 9.84 Å². The molecule has 0 bridgehead atoms. The molecule has 0 saturated carbocycles. The predicted molar refractivity (Wildman–Crippen MR) is 141 cm³/mol. The Morgan fingerprint density at radius 3 is 2.08 bits per heavy atom. The van der Waals surface area contributed by atoms with E-state index >= 15 is 0 Å². The van der Waals surface area contributed by atoms with Crippen molar-refractivity contribution in [2.24, 2.45) is 10.9 Å². The summed E-state index contributed by atoms with van der Waals surface area (Å²) in [7, 11) is 1.54. The van der Waals surface area contributed by atoms with Gasteiger partial charge in [-0.15, -0.1) is 0 Å². The number of aliphatic imine (C=N–C) groups is 1. The number of benzene rings is 3. The predicted octanol–water partition coefficient (Wildman–Crippen LogP) is 6.57. The van der Waals surface area contributed by atoms with E-state index in [4.69, 9.17) is 32.9 Å². The summed E-state index contributed by atoms with van der Waals surface area (Å²) in [5.74, 6) is -1.11. The maximum Gasteiger partial charge on any atom is 0.335 e. The van der Waals surface area contributed by atoms with Gasteiger partial charge in [-0.3, -0.25) is 14.7 Å². The van der Waals surface area contributed by atoms with Crippen LogP contribution >= 0.6 is 23.2 Å². The fourth-order valence-corrected chi connectivity index (χ4v) is 4.63. The molecule has 4 rings (SSSR count). The van der Waals surface area contributed by atoms with Gasteiger partial charge >= 0.3 is 5.97 Å². The Morgan fingerprint density at radius 1 is 0.972 bits per heavy atom. The minimum Gasteiger partial charge on any atom is -0.478 e. The number of amides is 1. The van der Waals surface area contributed by atoms with Crippen molar-refractivity contribution in [1.82, 2.24) is 4.90 Å². The molecule has 8 heteroatoms. The van der Waals surface area contributed by atoms with Crippen molar-refractivity contribution in [3.05, 3.63) is 105 Å². The lowest BCUT2D eigenvalue weighted by Gasteiger charge is -2.31. The lowest BCUT2D eigenvalue weighted by molar-refractivity contribution is -0.132. The molecule has 1 aliphatic heterocycles. The monoisotopic (exact) mass is 524 g/mol. The maximum atomic E-state index is 13.7. The van der Waals surface area contributed by atoms with Crippen LogP contribution in [-0.4, -0.2) is 34.8 Å². The number of carboxylic acid groups (broad SMARTS) is 1. The molecule has 36 heavy (non-hydrogen) atoms. The Kier molecular flexibility index (Phi) is 7.79. The van der Waals surface area contributed by atoms with Gasteiger partial charge in [0.05, 0.1) is 18.2 Å². The number of halogens is 2. The van der Waals surface area contributed by atoms with Gasteiger partial charge in [-0.2, -0.15) is 0 Å². The molecule has 3 aromatic rings. The van der Waals surface area contributed by atoms with Gasteiger partial charge in [0.1, 0.15) is 11.9 Å². The molecule has 0 spiro atoms. The highest BCUT2D eigenvalue weighted by Crippen LogP contribution is 2.44. The molecule has 1 heterocycles. The van der Waals surface area contributed by atoms with E-state index in [1.54, 1.807) is 48.4 Å². The van der Waals surface area contributed by atoms with E-state index in [2.05, 4.69) is 0 Å². The first-order valence-electron chi connectivity index (χ1n) is 11.5. The SMILES string of the molecule is COCc1cc(C(=O)O)cc(C2=NC(c3ccc(Cl)cc3)C(c3ccc(Cl)cc3)N2C(=O)C(C)C)c1. The molecule has 1 aliphatic rings. The third-order valence-electron chi connectivity index (χ3n) is 6.03. The van der Waals surface area contributed by atoms with Gasteiger partial charge in [0, 0.05) is 28.6 Å². The van der Waals surface area contributed by atoms with E-state index in [1.165, 1.54) is 0 Å². The lowest BCUT2D eigenvalue weighted by Crippen LogP contribution is -2.40. The molecule has 2 unspecified atom stereocenters. The van der Waals surface area contributed by atoms with Crippen LogP contribution in [0.15, 0.2) is 71.7 Å². The van der Waals surface area contributed by atoms with Crippen LogP contribution in [0.5, 0.6) is 0 Å². The zero-order valence-corrected chi connectivity index (χ0v) is 21.6. The Labute approximate surface area is 220 Å². The van der Waals surface area contributed by atoms with Crippen LogP contribution in [0.4, 0.5) is 0 Å². The fourth-order valence-electron chi connectivity index (χ4n) is 4.37. The third kappa shape index (κ3) is 5.31. The van der Waals surface area contributed by atoms with E-state index < -0.39 is 18.1 Å². The number of hydrogen-bond acceptors (Lipinski definition) is 4. The van der Waals surface area contributed by atoms with Crippen LogP contribution in [0.25, 0.3) is 0 Å². The molecule has 0 aliphatic carbocycles. The summed E-state index contributed by atoms with van der Waals surface area (Å²) in [4.78, 5) is 32.3. The molecule has 186 valence electrons. The van der Waals surface area contributed by atoms with Crippen LogP contribution in [0.1, 0.15) is 58.5 Å². The van der Waals surface area contributed by atoms with Crippen molar-refractivity contribution < 1.29 is 19.4 Å². The highest BCUT2D eigenvalue weighted by Gasteiger charge is 2.43. The summed E-state index contributed by atoms with van der Waals surface area (Å²) in [5.41, 5.74) is 3.04. The number of hydrogen-bond donors (Lipinski definition) is 1. The van der Waals surface area contributed by atoms with E-state index in [0.29, 0.717) is 27.0 Å². The van der Waals surface area contributed by atoms with Gasteiger partial charge in [0.25, 0.3) is 0 Å². The lowest BCUT2D eigenvalue weighted by atomic mass is 9.93. The Hall–Kier alpha value is -3.19. The highest BCUT2D eigenvalue weighted by molar-refractivity contribution is 6.30. The molecular formula is C28H26Cl2N2O4. The zero-order valence-electron chi connectivity index (χ0n) is 20.1. The van der Waals surface area contributed by atoms with Crippen molar-refractivity contribution >= 4 is 40.9 Å². The number of aromatic carboxylic acids is 1. The third-order valence-corrected chi connectivity index (χ3v) is 6.53. The average Bonchev–Trinajstić information content (AvgIpc) is 3.25. The second kappa shape index (κ2) is 10.8.